The topological polar surface area (TPSA) is 74.6 Å². The van der Waals surface area contributed by atoms with E-state index in [0.717, 1.165) is 33.4 Å². The maximum atomic E-state index is 12.2. The van der Waals surface area contributed by atoms with Gasteiger partial charge in [0, 0.05) is 33.1 Å². The highest BCUT2D eigenvalue weighted by Gasteiger charge is 2.38. The molecule has 0 radical (unpaired) electrons. The quantitative estimate of drug-likeness (QED) is 0.222. The number of carbonyl (C=O) groups excluding carboxylic acids is 2. The number of carbonyl (C=O) groups is 2. The predicted molar refractivity (Wildman–Crippen MR) is 191 cm³/mol. The molecule has 0 spiro atoms. The number of aliphatic hydroxyl groups is 2. The minimum atomic E-state index is -0.942. The maximum absolute atomic E-state index is 12.2. The summed E-state index contributed by atoms with van der Waals surface area (Å²) in [5, 5.41) is 20.0. The molecule has 0 bridgehead atoms. The van der Waals surface area contributed by atoms with E-state index >= 15 is 0 Å². The van der Waals surface area contributed by atoms with E-state index in [4.69, 9.17) is 0 Å². The Kier molecular flexibility index (Phi) is 14.0. The Morgan fingerprint density at radius 1 is 0.652 bits per heavy atom. The maximum Gasteiger partial charge on any atom is 0.187 e. The molecule has 0 saturated heterocycles. The smallest absolute Gasteiger partial charge is 0.187 e. The van der Waals surface area contributed by atoms with Crippen molar-refractivity contribution in [3.63, 3.8) is 0 Å². The molecule has 2 unspecified atom stereocenters. The van der Waals surface area contributed by atoms with Crippen molar-refractivity contribution in [2.75, 3.05) is 0 Å². The molecule has 0 aromatic rings. The molecule has 0 fully saturated rings. The van der Waals surface area contributed by atoms with Crippen LogP contribution in [0.5, 0.6) is 0 Å². The minimum absolute atomic E-state index is 0.227. The fraction of sp³-hybridized carbons (Fsp3) is 0.381. The minimum Gasteiger partial charge on any atom is -0.385 e. The largest absolute Gasteiger partial charge is 0.385 e. The molecular formula is C42H50O4. The van der Waals surface area contributed by atoms with Gasteiger partial charge in [-0.15, -0.1) is 0 Å². The fourth-order valence-corrected chi connectivity index (χ4v) is 5.41. The number of ketones is 2. The number of allylic oxidation sites excluding steroid dienone is 18. The van der Waals surface area contributed by atoms with Crippen LogP contribution in [0.1, 0.15) is 82.1 Å². The lowest BCUT2D eigenvalue weighted by atomic mass is 9.71. The van der Waals surface area contributed by atoms with Gasteiger partial charge in [0.05, 0.1) is 0 Å². The molecule has 2 aliphatic carbocycles. The molecule has 0 heterocycles. The second-order valence-corrected chi connectivity index (χ2v) is 13.5. The SMILES string of the molecule is CC(C#CC1=C(C)C(=O)C(O)CC1(C)C)=CC=CC(C)=CC=CC=C(C)C=CC=C(C)C=CC#CC1=C(C)C(=O)C(O)CC1(C)C. The van der Waals surface area contributed by atoms with Gasteiger partial charge in [0.25, 0.3) is 0 Å². The van der Waals surface area contributed by atoms with Gasteiger partial charge in [-0.3, -0.25) is 9.59 Å². The lowest BCUT2D eigenvalue weighted by Crippen LogP contribution is -2.35. The summed E-state index contributed by atoms with van der Waals surface area (Å²) in [5.41, 5.74) is 6.20. The molecule has 4 nitrogen and oxygen atoms in total. The van der Waals surface area contributed by atoms with Crippen LogP contribution in [-0.4, -0.2) is 34.0 Å². The summed E-state index contributed by atoms with van der Waals surface area (Å²) in [6, 6.07) is 0. The molecule has 0 aromatic carbocycles. The molecule has 242 valence electrons. The standard InChI is InChI=1S/C42H50O4/c1-29(20-15-21-31(3)19-13-14-24-35-33(5)39(45)37(43)27-41(35,7)8)17-11-12-18-30(2)22-16-23-32(4)25-26-36-34(6)40(46)38(44)28-42(36,9)10/h11-13,15-23,37-38,43-44H,27-28H2,1-10H3. The number of rotatable bonds is 7. The van der Waals surface area contributed by atoms with Crippen LogP contribution in [0.15, 0.2) is 117 Å². The first kappa shape index (κ1) is 38.0. The van der Waals surface area contributed by atoms with Crippen molar-refractivity contribution in [1.29, 1.82) is 0 Å². The highest BCUT2D eigenvalue weighted by Crippen LogP contribution is 2.39. The second-order valence-electron chi connectivity index (χ2n) is 13.5. The third kappa shape index (κ3) is 11.3. The lowest BCUT2D eigenvalue weighted by Gasteiger charge is -2.33. The van der Waals surface area contributed by atoms with Gasteiger partial charge in [0.1, 0.15) is 12.2 Å². The van der Waals surface area contributed by atoms with E-state index in [-0.39, 0.29) is 22.4 Å². The molecule has 4 heteroatoms. The van der Waals surface area contributed by atoms with Gasteiger partial charge in [-0.05, 0) is 66.0 Å². The highest BCUT2D eigenvalue weighted by molar-refractivity contribution is 6.01. The van der Waals surface area contributed by atoms with Gasteiger partial charge in [-0.1, -0.05) is 135 Å². The number of hydrogen-bond acceptors (Lipinski definition) is 4. The Labute approximate surface area is 277 Å². The third-order valence-electron chi connectivity index (χ3n) is 8.12. The van der Waals surface area contributed by atoms with Crippen molar-refractivity contribution in [1.82, 2.24) is 0 Å². The Morgan fingerprint density at radius 3 is 1.57 bits per heavy atom. The average molecular weight is 619 g/mol. The van der Waals surface area contributed by atoms with Crippen molar-refractivity contribution in [3.8, 4) is 23.7 Å². The second kappa shape index (κ2) is 16.9. The van der Waals surface area contributed by atoms with Gasteiger partial charge in [0.15, 0.2) is 11.6 Å². The van der Waals surface area contributed by atoms with E-state index in [0.29, 0.717) is 24.0 Å². The van der Waals surface area contributed by atoms with Crippen molar-refractivity contribution in [3.05, 3.63) is 117 Å². The lowest BCUT2D eigenvalue weighted by molar-refractivity contribution is -0.126. The van der Waals surface area contributed by atoms with Crippen LogP contribution in [0.25, 0.3) is 0 Å². The first-order valence-corrected chi connectivity index (χ1v) is 15.8. The third-order valence-corrected chi connectivity index (χ3v) is 8.12. The van der Waals surface area contributed by atoms with E-state index in [1.54, 1.807) is 19.9 Å². The number of Topliss-reactive ketones (excluding diaryl/α,β-unsaturated/α-hetero) is 2. The normalized spacial score (nSPS) is 23.1. The van der Waals surface area contributed by atoms with Crippen LogP contribution in [0.2, 0.25) is 0 Å². The summed E-state index contributed by atoms with van der Waals surface area (Å²) in [5.74, 6) is 12.1. The zero-order valence-electron chi connectivity index (χ0n) is 29.2. The first-order valence-electron chi connectivity index (χ1n) is 15.8. The number of hydrogen-bond donors (Lipinski definition) is 2. The molecular weight excluding hydrogens is 568 g/mol. The Balaban J connectivity index is 1.94. The molecule has 2 N–H and O–H groups in total. The summed E-state index contributed by atoms with van der Waals surface area (Å²) in [6.07, 6.45) is 22.7. The summed E-state index contributed by atoms with van der Waals surface area (Å²) < 4.78 is 0. The van der Waals surface area contributed by atoms with Crippen LogP contribution in [0.3, 0.4) is 0 Å². The van der Waals surface area contributed by atoms with Crippen molar-refractivity contribution >= 4 is 11.6 Å². The van der Waals surface area contributed by atoms with Gasteiger partial charge in [-0.25, -0.2) is 0 Å². The monoisotopic (exact) mass is 618 g/mol. The summed E-state index contributed by atoms with van der Waals surface area (Å²) in [6.45, 7) is 19.5. The van der Waals surface area contributed by atoms with Crippen LogP contribution >= 0.6 is 0 Å². The fourth-order valence-electron chi connectivity index (χ4n) is 5.41. The van der Waals surface area contributed by atoms with Crippen LogP contribution in [-0.2, 0) is 9.59 Å². The molecule has 2 aliphatic rings. The highest BCUT2D eigenvalue weighted by atomic mass is 16.3. The Morgan fingerprint density at radius 2 is 1.07 bits per heavy atom. The summed E-state index contributed by atoms with van der Waals surface area (Å²) in [4.78, 5) is 24.4. The van der Waals surface area contributed by atoms with Crippen molar-refractivity contribution < 1.29 is 19.8 Å². The molecule has 2 rings (SSSR count). The molecule has 0 saturated carbocycles. The Hall–Kier alpha value is -4.22. The summed E-state index contributed by atoms with van der Waals surface area (Å²) in [7, 11) is 0. The molecule has 2 atom stereocenters. The van der Waals surface area contributed by atoms with Gasteiger partial charge in [-0.2, -0.15) is 0 Å². The zero-order chi connectivity index (χ0) is 34.7. The van der Waals surface area contributed by atoms with Gasteiger partial charge < -0.3 is 10.2 Å². The van der Waals surface area contributed by atoms with Crippen LogP contribution < -0.4 is 0 Å². The molecule has 0 aliphatic heterocycles. The van der Waals surface area contributed by atoms with Crippen LogP contribution in [0.4, 0.5) is 0 Å². The average Bonchev–Trinajstić information content (AvgIpc) is 2.96. The van der Waals surface area contributed by atoms with Gasteiger partial charge >= 0.3 is 0 Å². The van der Waals surface area contributed by atoms with Crippen molar-refractivity contribution in [2.24, 2.45) is 10.8 Å². The predicted octanol–water partition coefficient (Wildman–Crippen LogP) is 8.36. The van der Waals surface area contributed by atoms with E-state index in [2.05, 4.69) is 23.7 Å². The number of aliphatic hydroxyl groups excluding tert-OH is 2. The van der Waals surface area contributed by atoms with Crippen molar-refractivity contribution in [2.45, 2.75) is 94.3 Å². The zero-order valence-corrected chi connectivity index (χ0v) is 29.2. The molecule has 0 aromatic heterocycles. The molecule has 0 amide bonds. The van der Waals surface area contributed by atoms with Crippen LogP contribution in [0, 0.1) is 34.5 Å². The van der Waals surface area contributed by atoms with E-state index < -0.39 is 12.2 Å². The van der Waals surface area contributed by atoms with E-state index in [1.165, 1.54) is 0 Å². The first-order chi connectivity index (χ1) is 21.5. The summed E-state index contributed by atoms with van der Waals surface area (Å²) >= 11 is 0. The molecule has 46 heavy (non-hydrogen) atoms. The Bertz CT molecular complexity index is 1640. The van der Waals surface area contributed by atoms with Gasteiger partial charge in [0.2, 0.25) is 0 Å². The van der Waals surface area contributed by atoms with E-state index in [1.807, 2.05) is 122 Å². The van der Waals surface area contributed by atoms with E-state index in [9.17, 15) is 19.8 Å².